The SMILES string of the molecule is COc1cc(CS(C)(=O)=O)ccc1Nc1ncc2c(N)c(F)c(-c3cnc4c(c3C)NCCO4)cc2n1. The average Bonchev–Trinajstić information content (AvgIpc) is 2.87. The van der Waals surface area contributed by atoms with Gasteiger partial charge in [-0.25, -0.2) is 27.8 Å². The standard InChI is InChI=1S/C25H25FN6O4S/c1-13-16(10-29-24-23(13)28-6-7-36-24)15-9-19-17(22(27)21(15)26)11-30-25(32-19)31-18-5-4-14(8-20(18)35-2)12-37(3,33)34/h4-5,8-11,28H,6-7,12,27H2,1-3H3,(H,30,31,32). The smallest absolute Gasteiger partial charge is 0.237 e. The molecule has 0 saturated carbocycles. The zero-order valence-corrected chi connectivity index (χ0v) is 21.2. The lowest BCUT2D eigenvalue weighted by Crippen LogP contribution is -2.20. The molecule has 0 aliphatic carbocycles. The third-order valence-electron chi connectivity index (χ3n) is 6.04. The molecule has 0 saturated heterocycles. The Hall–Kier alpha value is -4.19. The zero-order chi connectivity index (χ0) is 26.3. The molecule has 4 aromatic rings. The van der Waals surface area contributed by atoms with Gasteiger partial charge in [0.25, 0.3) is 0 Å². The van der Waals surface area contributed by atoms with E-state index in [1.165, 1.54) is 19.6 Å². The molecule has 2 aromatic heterocycles. The Morgan fingerprint density at radius 2 is 2.03 bits per heavy atom. The number of nitrogens with zero attached hydrogens (tertiary/aromatic N) is 3. The molecule has 2 aromatic carbocycles. The maximum atomic E-state index is 15.4. The molecule has 0 fully saturated rings. The van der Waals surface area contributed by atoms with E-state index in [1.54, 1.807) is 30.5 Å². The lowest BCUT2D eigenvalue weighted by molar-refractivity contribution is 0.310. The van der Waals surface area contributed by atoms with Crippen molar-refractivity contribution >= 4 is 43.8 Å². The molecule has 4 N–H and O–H groups in total. The summed E-state index contributed by atoms with van der Waals surface area (Å²) in [6, 6.07) is 6.62. The first-order valence-corrected chi connectivity index (χ1v) is 13.4. The van der Waals surface area contributed by atoms with E-state index >= 15 is 4.39 Å². The number of anilines is 4. The van der Waals surface area contributed by atoms with Gasteiger partial charge in [0.2, 0.25) is 11.8 Å². The van der Waals surface area contributed by atoms with Crippen molar-refractivity contribution in [3.05, 3.63) is 53.6 Å². The van der Waals surface area contributed by atoms with Crippen LogP contribution in [-0.2, 0) is 15.6 Å². The van der Waals surface area contributed by atoms with E-state index in [2.05, 4.69) is 25.6 Å². The van der Waals surface area contributed by atoms with Crippen LogP contribution in [0.2, 0.25) is 0 Å². The zero-order valence-electron chi connectivity index (χ0n) is 20.4. The fourth-order valence-electron chi connectivity index (χ4n) is 4.28. The first kappa shape index (κ1) is 24.5. The first-order valence-electron chi connectivity index (χ1n) is 11.4. The average molecular weight is 525 g/mol. The van der Waals surface area contributed by atoms with Crippen molar-refractivity contribution in [2.24, 2.45) is 0 Å². The molecule has 5 rings (SSSR count). The monoisotopic (exact) mass is 524 g/mol. The van der Waals surface area contributed by atoms with Gasteiger partial charge in [-0.1, -0.05) is 6.07 Å². The summed E-state index contributed by atoms with van der Waals surface area (Å²) in [6.07, 6.45) is 4.18. The molecule has 0 bridgehead atoms. The summed E-state index contributed by atoms with van der Waals surface area (Å²) >= 11 is 0. The van der Waals surface area contributed by atoms with Crippen molar-refractivity contribution in [3.8, 4) is 22.8 Å². The van der Waals surface area contributed by atoms with Gasteiger partial charge in [-0.2, -0.15) is 0 Å². The molecule has 0 atom stereocenters. The Morgan fingerprint density at radius 3 is 2.78 bits per heavy atom. The van der Waals surface area contributed by atoms with Gasteiger partial charge < -0.3 is 25.8 Å². The van der Waals surface area contributed by atoms with Crippen LogP contribution >= 0.6 is 0 Å². The molecule has 10 nitrogen and oxygen atoms in total. The fourth-order valence-corrected chi connectivity index (χ4v) is 5.06. The Bertz CT molecular complexity index is 1640. The van der Waals surface area contributed by atoms with Crippen LogP contribution < -0.4 is 25.8 Å². The number of hydrogen-bond acceptors (Lipinski definition) is 10. The van der Waals surface area contributed by atoms with Crippen LogP contribution in [-0.4, -0.2) is 49.9 Å². The minimum atomic E-state index is -3.20. The van der Waals surface area contributed by atoms with Gasteiger partial charge in [0, 0.05) is 41.7 Å². The van der Waals surface area contributed by atoms with Crippen molar-refractivity contribution < 1.29 is 22.3 Å². The van der Waals surface area contributed by atoms with E-state index in [4.69, 9.17) is 15.2 Å². The molecule has 0 amide bonds. The van der Waals surface area contributed by atoms with Gasteiger partial charge in [0.05, 0.1) is 29.8 Å². The summed E-state index contributed by atoms with van der Waals surface area (Å²) in [5, 5.41) is 6.70. The van der Waals surface area contributed by atoms with E-state index in [-0.39, 0.29) is 23.0 Å². The van der Waals surface area contributed by atoms with Gasteiger partial charge in [-0.05, 0) is 36.2 Å². The van der Waals surface area contributed by atoms with Gasteiger partial charge in [-0.3, -0.25) is 0 Å². The maximum Gasteiger partial charge on any atom is 0.237 e. The molecule has 192 valence electrons. The summed E-state index contributed by atoms with van der Waals surface area (Å²) < 4.78 is 49.7. The number of ether oxygens (including phenoxy) is 2. The highest BCUT2D eigenvalue weighted by Crippen LogP contribution is 2.39. The van der Waals surface area contributed by atoms with Crippen LogP contribution in [0.15, 0.2) is 36.7 Å². The van der Waals surface area contributed by atoms with E-state index in [0.717, 1.165) is 11.3 Å². The molecule has 37 heavy (non-hydrogen) atoms. The summed E-state index contributed by atoms with van der Waals surface area (Å²) in [5.41, 5.74) is 9.98. The predicted molar refractivity (Wildman–Crippen MR) is 141 cm³/mol. The summed E-state index contributed by atoms with van der Waals surface area (Å²) in [5.74, 6) is 0.444. The van der Waals surface area contributed by atoms with E-state index in [0.29, 0.717) is 52.5 Å². The first-order chi connectivity index (χ1) is 17.6. The van der Waals surface area contributed by atoms with E-state index in [1.807, 2.05) is 6.92 Å². The van der Waals surface area contributed by atoms with Crippen molar-refractivity contribution in [3.63, 3.8) is 0 Å². The van der Waals surface area contributed by atoms with Gasteiger partial charge in [-0.15, -0.1) is 0 Å². The quantitative estimate of drug-likeness (QED) is 0.319. The third-order valence-corrected chi connectivity index (χ3v) is 6.90. The minimum Gasteiger partial charge on any atom is -0.495 e. The number of nitrogen functional groups attached to an aromatic ring is 1. The number of nitrogens with one attached hydrogen (secondary N) is 2. The normalized spacial score (nSPS) is 13.0. The lowest BCUT2D eigenvalue weighted by atomic mass is 9.98. The topological polar surface area (TPSA) is 141 Å². The summed E-state index contributed by atoms with van der Waals surface area (Å²) in [4.78, 5) is 13.2. The van der Waals surface area contributed by atoms with Crippen LogP contribution in [0.1, 0.15) is 11.1 Å². The summed E-state index contributed by atoms with van der Waals surface area (Å²) in [7, 11) is -1.72. The summed E-state index contributed by atoms with van der Waals surface area (Å²) in [6.45, 7) is 3.00. The number of sulfone groups is 1. The highest BCUT2D eigenvalue weighted by atomic mass is 32.2. The van der Waals surface area contributed by atoms with Crippen LogP contribution in [0, 0.1) is 12.7 Å². The molecule has 0 unspecified atom stereocenters. The largest absolute Gasteiger partial charge is 0.495 e. The Balaban J connectivity index is 1.54. The van der Waals surface area contributed by atoms with Crippen LogP contribution in [0.3, 0.4) is 0 Å². The Labute approximate surface area is 213 Å². The third kappa shape index (κ3) is 4.79. The second-order valence-corrected chi connectivity index (χ2v) is 10.9. The maximum absolute atomic E-state index is 15.4. The predicted octanol–water partition coefficient (Wildman–Crippen LogP) is 3.82. The second-order valence-electron chi connectivity index (χ2n) is 8.76. The number of halogens is 1. The van der Waals surface area contributed by atoms with Gasteiger partial charge in [0.15, 0.2) is 15.7 Å². The Morgan fingerprint density at radius 1 is 1.22 bits per heavy atom. The number of methoxy groups -OCH3 is 1. The minimum absolute atomic E-state index is 0.0666. The second kappa shape index (κ2) is 9.36. The number of aromatic nitrogens is 3. The molecule has 3 heterocycles. The molecular formula is C25H25FN6O4S. The highest BCUT2D eigenvalue weighted by Gasteiger charge is 2.21. The van der Waals surface area contributed by atoms with Gasteiger partial charge in [0.1, 0.15) is 18.0 Å². The van der Waals surface area contributed by atoms with Crippen LogP contribution in [0.5, 0.6) is 11.6 Å². The molecule has 0 spiro atoms. The number of benzene rings is 2. The Kier molecular flexibility index (Phi) is 6.20. The van der Waals surface area contributed by atoms with Gasteiger partial charge >= 0.3 is 0 Å². The molecule has 0 radical (unpaired) electrons. The fraction of sp³-hybridized carbons (Fsp3) is 0.240. The van der Waals surface area contributed by atoms with Crippen LogP contribution in [0.25, 0.3) is 22.0 Å². The number of hydrogen-bond donors (Lipinski definition) is 3. The number of fused-ring (bicyclic) bond motifs is 2. The van der Waals surface area contributed by atoms with Crippen LogP contribution in [0.4, 0.5) is 27.4 Å². The molecule has 1 aliphatic heterocycles. The van der Waals surface area contributed by atoms with E-state index < -0.39 is 15.7 Å². The van der Waals surface area contributed by atoms with Crippen molar-refractivity contribution in [2.45, 2.75) is 12.7 Å². The number of nitrogens with two attached hydrogens (primary N) is 1. The lowest BCUT2D eigenvalue weighted by Gasteiger charge is -2.22. The molecular weight excluding hydrogens is 499 g/mol. The molecule has 12 heteroatoms. The van der Waals surface area contributed by atoms with Crippen molar-refractivity contribution in [2.75, 3.05) is 42.9 Å². The number of rotatable bonds is 6. The van der Waals surface area contributed by atoms with Crippen molar-refractivity contribution in [1.82, 2.24) is 15.0 Å². The molecule has 1 aliphatic rings. The number of pyridine rings is 1. The van der Waals surface area contributed by atoms with Crippen molar-refractivity contribution in [1.29, 1.82) is 0 Å². The highest BCUT2D eigenvalue weighted by molar-refractivity contribution is 7.89. The van der Waals surface area contributed by atoms with E-state index in [9.17, 15) is 8.42 Å².